The van der Waals surface area contributed by atoms with Crippen LogP contribution in [-0.2, 0) is 0 Å². The molecule has 1 fully saturated rings. The highest BCUT2D eigenvalue weighted by atomic mass is 32.2. The average molecular weight is 253 g/mol. The van der Waals surface area contributed by atoms with Gasteiger partial charge in [-0.1, -0.05) is 12.2 Å². The Morgan fingerprint density at radius 1 is 1.69 bits per heavy atom. The van der Waals surface area contributed by atoms with Crippen LogP contribution in [0, 0.1) is 0 Å². The zero-order valence-corrected chi connectivity index (χ0v) is 10.6. The minimum Gasteiger partial charge on any atom is -0.389 e. The highest BCUT2D eigenvalue weighted by Gasteiger charge is 2.16. The molecule has 86 valence electrons. The van der Waals surface area contributed by atoms with Gasteiger partial charge in [0, 0.05) is 18.0 Å². The van der Waals surface area contributed by atoms with Gasteiger partial charge in [0.1, 0.15) is 10.8 Å². The van der Waals surface area contributed by atoms with Gasteiger partial charge in [-0.25, -0.2) is 4.98 Å². The summed E-state index contributed by atoms with van der Waals surface area (Å²) < 4.78 is 0. The number of nitrogens with two attached hydrogens (primary N) is 1. The molecule has 1 saturated heterocycles. The van der Waals surface area contributed by atoms with Crippen LogP contribution in [0.3, 0.4) is 0 Å². The normalized spacial score (nSPS) is 19.6. The minimum absolute atomic E-state index is 0.398. The fourth-order valence-electron chi connectivity index (χ4n) is 1.76. The van der Waals surface area contributed by atoms with Gasteiger partial charge in [-0.15, -0.1) is 0 Å². The largest absolute Gasteiger partial charge is 0.389 e. The molecule has 0 aliphatic carbocycles. The molecule has 1 aromatic rings. The number of pyridine rings is 1. The standard InChI is InChI=1S/C11H15N3S2/c12-10(15)9-4-1-5-13-11(9)14-7-8-3-2-6-16-8/h1,4-5,8H,2-3,6-7H2,(H2,12,15)(H,13,14). The van der Waals surface area contributed by atoms with Gasteiger partial charge >= 0.3 is 0 Å². The Morgan fingerprint density at radius 3 is 3.25 bits per heavy atom. The van der Waals surface area contributed by atoms with Crippen LogP contribution >= 0.6 is 24.0 Å². The van der Waals surface area contributed by atoms with Crippen LogP contribution in [-0.4, -0.2) is 27.5 Å². The van der Waals surface area contributed by atoms with E-state index in [1.165, 1.54) is 18.6 Å². The van der Waals surface area contributed by atoms with Gasteiger partial charge in [-0.05, 0) is 30.7 Å². The highest BCUT2D eigenvalue weighted by Crippen LogP contribution is 2.26. The maximum atomic E-state index is 5.64. The SMILES string of the molecule is NC(=S)c1cccnc1NCC1CCCS1. The first kappa shape index (κ1) is 11.7. The molecule has 3 N–H and O–H groups in total. The maximum absolute atomic E-state index is 5.64. The monoisotopic (exact) mass is 253 g/mol. The summed E-state index contributed by atoms with van der Waals surface area (Å²) in [6.45, 7) is 0.942. The fourth-order valence-corrected chi connectivity index (χ4v) is 3.13. The smallest absolute Gasteiger partial charge is 0.136 e. The Bertz CT molecular complexity index is 375. The highest BCUT2D eigenvalue weighted by molar-refractivity contribution is 8.00. The maximum Gasteiger partial charge on any atom is 0.136 e. The molecule has 1 aromatic heterocycles. The van der Waals surface area contributed by atoms with Gasteiger partial charge in [0.25, 0.3) is 0 Å². The van der Waals surface area contributed by atoms with Crippen LogP contribution in [0.15, 0.2) is 18.3 Å². The van der Waals surface area contributed by atoms with Crippen LogP contribution in [0.25, 0.3) is 0 Å². The van der Waals surface area contributed by atoms with Crippen molar-refractivity contribution in [2.45, 2.75) is 18.1 Å². The molecule has 0 saturated carbocycles. The zero-order valence-electron chi connectivity index (χ0n) is 8.98. The molecule has 0 radical (unpaired) electrons. The van der Waals surface area contributed by atoms with Crippen LogP contribution in [0.1, 0.15) is 18.4 Å². The van der Waals surface area contributed by atoms with Gasteiger partial charge in [-0.3, -0.25) is 0 Å². The van der Waals surface area contributed by atoms with Crippen molar-refractivity contribution in [2.24, 2.45) is 5.73 Å². The zero-order chi connectivity index (χ0) is 11.4. The van der Waals surface area contributed by atoms with Crippen molar-refractivity contribution in [2.75, 3.05) is 17.6 Å². The number of hydrogen-bond acceptors (Lipinski definition) is 4. The number of rotatable bonds is 4. The minimum atomic E-state index is 0.398. The molecular weight excluding hydrogens is 238 g/mol. The number of thiocarbonyl (C=S) groups is 1. The molecule has 1 unspecified atom stereocenters. The Balaban J connectivity index is 2.00. The molecule has 0 amide bonds. The van der Waals surface area contributed by atoms with Gasteiger partial charge in [-0.2, -0.15) is 11.8 Å². The number of thioether (sulfide) groups is 1. The summed E-state index contributed by atoms with van der Waals surface area (Å²) in [4.78, 5) is 4.67. The van der Waals surface area contributed by atoms with Crippen molar-refractivity contribution < 1.29 is 0 Å². The predicted octanol–water partition coefficient (Wildman–Crippen LogP) is 2.02. The Hall–Kier alpha value is -0.810. The molecule has 1 aliphatic rings. The molecule has 1 aliphatic heterocycles. The van der Waals surface area contributed by atoms with Crippen molar-refractivity contribution >= 4 is 34.8 Å². The molecular formula is C11H15N3S2. The van der Waals surface area contributed by atoms with E-state index in [0.29, 0.717) is 10.2 Å². The predicted molar refractivity (Wildman–Crippen MR) is 74.1 cm³/mol. The summed E-state index contributed by atoms with van der Waals surface area (Å²) in [6, 6.07) is 3.75. The first-order valence-corrected chi connectivity index (χ1v) is 6.83. The second kappa shape index (κ2) is 5.50. The van der Waals surface area contributed by atoms with E-state index in [9.17, 15) is 0 Å². The summed E-state index contributed by atoms with van der Waals surface area (Å²) >= 11 is 7.01. The number of anilines is 1. The Kier molecular flexibility index (Phi) is 4.01. The van der Waals surface area contributed by atoms with Crippen LogP contribution in [0.5, 0.6) is 0 Å². The van der Waals surface area contributed by atoms with Crippen molar-refractivity contribution in [3.8, 4) is 0 Å². The molecule has 1 atom stereocenters. The first-order chi connectivity index (χ1) is 7.77. The van der Waals surface area contributed by atoms with Crippen LogP contribution in [0.2, 0.25) is 0 Å². The van der Waals surface area contributed by atoms with Gasteiger partial charge in [0.15, 0.2) is 0 Å². The molecule has 3 nitrogen and oxygen atoms in total. The van der Waals surface area contributed by atoms with Crippen molar-refractivity contribution in [3.63, 3.8) is 0 Å². The van der Waals surface area contributed by atoms with E-state index in [4.69, 9.17) is 18.0 Å². The summed E-state index contributed by atoms with van der Waals surface area (Å²) in [7, 11) is 0. The topological polar surface area (TPSA) is 50.9 Å². The molecule has 0 aromatic carbocycles. The average Bonchev–Trinajstić information content (AvgIpc) is 2.79. The lowest BCUT2D eigenvalue weighted by molar-refractivity contribution is 0.803. The second-order valence-corrected chi connectivity index (χ2v) is 5.63. The first-order valence-electron chi connectivity index (χ1n) is 5.37. The number of aromatic nitrogens is 1. The lowest BCUT2D eigenvalue weighted by Crippen LogP contribution is -2.18. The third-order valence-electron chi connectivity index (χ3n) is 2.59. The number of nitrogens with one attached hydrogen (secondary N) is 1. The lowest BCUT2D eigenvalue weighted by atomic mass is 10.2. The van der Waals surface area contributed by atoms with E-state index < -0.39 is 0 Å². The van der Waals surface area contributed by atoms with E-state index in [1.807, 2.05) is 23.9 Å². The molecule has 0 spiro atoms. The Labute approximate surface area is 105 Å². The van der Waals surface area contributed by atoms with Crippen LogP contribution < -0.4 is 11.1 Å². The van der Waals surface area contributed by atoms with Crippen molar-refractivity contribution in [1.29, 1.82) is 0 Å². The van der Waals surface area contributed by atoms with Gasteiger partial charge in [0.05, 0.1) is 5.56 Å². The second-order valence-electron chi connectivity index (χ2n) is 3.78. The van der Waals surface area contributed by atoms with Gasteiger partial charge < -0.3 is 11.1 Å². The Morgan fingerprint density at radius 2 is 2.56 bits per heavy atom. The van der Waals surface area contributed by atoms with Gasteiger partial charge in [0.2, 0.25) is 0 Å². The fraction of sp³-hybridized carbons (Fsp3) is 0.455. The number of nitrogens with zero attached hydrogens (tertiary/aromatic N) is 1. The summed E-state index contributed by atoms with van der Waals surface area (Å²) in [5, 5.41) is 4.03. The van der Waals surface area contributed by atoms with E-state index in [2.05, 4.69) is 10.3 Å². The van der Waals surface area contributed by atoms with E-state index in [-0.39, 0.29) is 0 Å². The molecule has 2 heterocycles. The van der Waals surface area contributed by atoms with E-state index in [0.717, 1.165) is 17.9 Å². The quantitative estimate of drug-likeness (QED) is 0.804. The van der Waals surface area contributed by atoms with Crippen molar-refractivity contribution in [3.05, 3.63) is 23.9 Å². The molecule has 0 bridgehead atoms. The summed E-state index contributed by atoms with van der Waals surface area (Å²) in [5.74, 6) is 2.08. The molecule has 2 rings (SSSR count). The molecule has 5 heteroatoms. The third kappa shape index (κ3) is 2.86. The summed E-state index contributed by atoms with van der Waals surface area (Å²) in [5.41, 5.74) is 6.48. The van der Waals surface area contributed by atoms with Crippen molar-refractivity contribution in [1.82, 2.24) is 4.98 Å². The number of hydrogen-bond donors (Lipinski definition) is 2. The third-order valence-corrected chi connectivity index (χ3v) is 4.21. The summed E-state index contributed by atoms with van der Waals surface area (Å²) in [6.07, 6.45) is 4.36. The van der Waals surface area contributed by atoms with Crippen LogP contribution in [0.4, 0.5) is 5.82 Å². The molecule has 16 heavy (non-hydrogen) atoms. The van der Waals surface area contributed by atoms with E-state index in [1.54, 1.807) is 6.20 Å². The van der Waals surface area contributed by atoms with E-state index >= 15 is 0 Å². The lowest BCUT2D eigenvalue weighted by Gasteiger charge is -2.13.